The van der Waals surface area contributed by atoms with E-state index in [4.69, 9.17) is 28.4 Å². The SMILES string of the molecule is C/C1=C\C(=O)OCC23CC(O)C4(C)OC4C2OC2CC(OC(=O)C=CC=CC(C(C)O)OCC1O)C3(C)C21CO1. The van der Waals surface area contributed by atoms with E-state index in [-0.39, 0.29) is 25.7 Å². The maximum absolute atomic E-state index is 13.1. The van der Waals surface area contributed by atoms with Crippen LogP contribution in [0.4, 0.5) is 0 Å². The van der Waals surface area contributed by atoms with Crippen molar-refractivity contribution in [2.45, 2.75) is 101 Å². The van der Waals surface area contributed by atoms with E-state index < -0.39 is 76.7 Å². The first kappa shape index (κ1) is 28.0. The second-order valence-electron chi connectivity index (χ2n) is 12.5. The summed E-state index contributed by atoms with van der Waals surface area (Å²) < 4.78 is 36.3. The first-order valence-electron chi connectivity index (χ1n) is 13.9. The van der Waals surface area contributed by atoms with Gasteiger partial charge in [-0.2, -0.15) is 0 Å². The molecule has 4 aliphatic heterocycles. The Kier molecular flexibility index (Phi) is 6.62. The van der Waals surface area contributed by atoms with Crippen molar-refractivity contribution in [3.63, 3.8) is 0 Å². The van der Waals surface area contributed by atoms with Gasteiger partial charge in [-0.25, -0.2) is 9.59 Å². The molecule has 12 atom stereocenters. The number of epoxide rings is 2. The van der Waals surface area contributed by atoms with Crippen LogP contribution in [0.25, 0.3) is 0 Å². The van der Waals surface area contributed by atoms with Crippen molar-refractivity contribution in [2.24, 2.45) is 10.8 Å². The van der Waals surface area contributed by atoms with Crippen molar-refractivity contribution in [1.82, 2.24) is 0 Å². The monoisotopic (exact) mass is 562 g/mol. The minimum Gasteiger partial charge on any atom is -0.462 e. The van der Waals surface area contributed by atoms with Crippen LogP contribution in [0.15, 0.2) is 36.0 Å². The number of cyclic esters (lactones) is 1. The van der Waals surface area contributed by atoms with Crippen LogP contribution in [0, 0.1) is 10.8 Å². The molecule has 4 heterocycles. The molecule has 12 unspecified atom stereocenters. The quantitative estimate of drug-likeness (QED) is 0.302. The average molecular weight is 563 g/mol. The molecule has 0 aromatic carbocycles. The molecular weight excluding hydrogens is 524 g/mol. The minimum absolute atomic E-state index is 0.134. The number of carbonyl (C=O) groups excluding carboxylic acids is 2. The molecule has 3 saturated heterocycles. The first-order chi connectivity index (χ1) is 18.9. The van der Waals surface area contributed by atoms with Crippen LogP contribution in [0.5, 0.6) is 0 Å². The molecule has 220 valence electrons. The Morgan fingerprint density at radius 3 is 2.50 bits per heavy atom. The summed E-state index contributed by atoms with van der Waals surface area (Å²) in [6.07, 6.45) is 2.16. The molecule has 2 saturated carbocycles. The van der Waals surface area contributed by atoms with Gasteiger partial charge in [-0.1, -0.05) is 25.2 Å². The highest BCUT2D eigenvalue weighted by Crippen LogP contribution is 2.75. The fourth-order valence-corrected chi connectivity index (χ4v) is 7.57. The number of aliphatic hydroxyl groups is 3. The molecule has 2 bridgehead atoms. The lowest BCUT2D eigenvalue weighted by Crippen LogP contribution is -2.71. The molecule has 3 N–H and O–H groups in total. The molecule has 0 radical (unpaired) electrons. The summed E-state index contributed by atoms with van der Waals surface area (Å²) in [6.45, 7) is 7.05. The zero-order valence-corrected chi connectivity index (χ0v) is 23.1. The van der Waals surface area contributed by atoms with Gasteiger partial charge in [0.25, 0.3) is 0 Å². The zero-order chi connectivity index (χ0) is 28.7. The number of hydrogen-bond acceptors (Lipinski definition) is 11. The van der Waals surface area contributed by atoms with Crippen molar-refractivity contribution in [2.75, 3.05) is 19.8 Å². The van der Waals surface area contributed by atoms with Gasteiger partial charge in [0, 0.05) is 24.0 Å². The lowest BCUT2D eigenvalue weighted by atomic mass is 9.49. The van der Waals surface area contributed by atoms with Gasteiger partial charge in [0.15, 0.2) is 0 Å². The van der Waals surface area contributed by atoms with Gasteiger partial charge in [0.2, 0.25) is 0 Å². The third-order valence-corrected chi connectivity index (χ3v) is 10.4. The molecule has 11 heteroatoms. The number of fused-ring (bicyclic) bond motifs is 2. The molecule has 0 aromatic heterocycles. The van der Waals surface area contributed by atoms with Crippen LogP contribution < -0.4 is 0 Å². The molecule has 2 spiro atoms. The van der Waals surface area contributed by atoms with E-state index in [9.17, 15) is 24.9 Å². The standard InChI is InChI=1S/C29H38O11/c1-15-9-23(34)36-13-28-11-19(32)26(3)24(40-26)25(28)39-21-10-20(27(28,4)29(21)14-37-29)38-22(33)8-6-5-7-18(16(2)30)35-12-17(15)31/h5-9,16-21,24-25,30-32H,10-14H2,1-4H3/b7-5?,8-6?,15-9+. The van der Waals surface area contributed by atoms with Gasteiger partial charge in [0.05, 0.1) is 49.1 Å². The Morgan fingerprint density at radius 1 is 1.05 bits per heavy atom. The van der Waals surface area contributed by atoms with E-state index in [2.05, 4.69) is 0 Å². The summed E-state index contributed by atoms with van der Waals surface area (Å²) in [5.41, 5.74) is -3.03. The minimum atomic E-state index is -1.12. The Labute approximate surface area is 232 Å². The van der Waals surface area contributed by atoms with E-state index in [1.807, 2.05) is 13.8 Å². The summed E-state index contributed by atoms with van der Waals surface area (Å²) in [7, 11) is 0. The summed E-state index contributed by atoms with van der Waals surface area (Å²) in [5, 5.41) is 31.9. The Bertz CT molecular complexity index is 1160. The van der Waals surface area contributed by atoms with E-state index in [1.165, 1.54) is 18.2 Å². The van der Waals surface area contributed by atoms with Crippen LogP contribution in [-0.2, 0) is 38.0 Å². The maximum Gasteiger partial charge on any atom is 0.331 e. The van der Waals surface area contributed by atoms with E-state index in [1.54, 1.807) is 26.0 Å². The maximum atomic E-state index is 13.1. The smallest absolute Gasteiger partial charge is 0.331 e. The topological polar surface area (TPSA) is 157 Å². The molecule has 0 amide bonds. The predicted octanol–water partition coefficient (Wildman–Crippen LogP) is 0.496. The van der Waals surface area contributed by atoms with Gasteiger partial charge >= 0.3 is 11.9 Å². The Balaban J connectivity index is 1.39. The van der Waals surface area contributed by atoms with Gasteiger partial charge in [-0.15, -0.1) is 0 Å². The lowest BCUT2D eigenvalue weighted by molar-refractivity contribution is -0.259. The van der Waals surface area contributed by atoms with Crippen molar-refractivity contribution >= 4 is 11.9 Å². The highest BCUT2D eigenvalue weighted by molar-refractivity contribution is 5.83. The number of hydrogen-bond donors (Lipinski definition) is 3. The molecule has 0 aromatic rings. The fraction of sp³-hybridized carbons (Fsp3) is 0.724. The zero-order valence-electron chi connectivity index (χ0n) is 23.1. The van der Waals surface area contributed by atoms with Gasteiger partial charge in [0.1, 0.15) is 36.1 Å². The summed E-state index contributed by atoms with van der Waals surface area (Å²) in [5.74, 6) is -1.25. The lowest BCUT2D eigenvalue weighted by Gasteiger charge is -2.59. The van der Waals surface area contributed by atoms with Gasteiger partial charge < -0.3 is 43.7 Å². The summed E-state index contributed by atoms with van der Waals surface area (Å²) in [4.78, 5) is 26.1. The Hall–Kier alpha value is -2.12. The average Bonchev–Trinajstić information content (AvgIpc) is 3.80. The Morgan fingerprint density at radius 2 is 1.80 bits per heavy atom. The van der Waals surface area contributed by atoms with Crippen LogP contribution in [0.3, 0.4) is 0 Å². The number of carbonyl (C=O) groups is 2. The van der Waals surface area contributed by atoms with Crippen LogP contribution in [-0.4, -0.2) is 107 Å². The second kappa shape index (κ2) is 9.45. The number of aliphatic hydroxyl groups excluding tert-OH is 3. The molecule has 2 aliphatic carbocycles. The van der Waals surface area contributed by atoms with Crippen molar-refractivity contribution in [3.8, 4) is 0 Å². The molecule has 40 heavy (non-hydrogen) atoms. The third kappa shape index (κ3) is 3.97. The summed E-state index contributed by atoms with van der Waals surface area (Å²) >= 11 is 0. The van der Waals surface area contributed by atoms with Gasteiger partial charge in [-0.3, -0.25) is 0 Å². The number of rotatable bonds is 1. The van der Waals surface area contributed by atoms with Crippen LogP contribution in [0.2, 0.25) is 0 Å². The second-order valence-corrected chi connectivity index (χ2v) is 12.5. The number of ether oxygens (including phenoxy) is 6. The molecule has 11 nitrogen and oxygen atoms in total. The largest absolute Gasteiger partial charge is 0.462 e. The highest BCUT2D eigenvalue weighted by Gasteiger charge is 2.87. The highest BCUT2D eigenvalue weighted by atomic mass is 16.7. The van der Waals surface area contributed by atoms with E-state index >= 15 is 0 Å². The van der Waals surface area contributed by atoms with Crippen LogP contribution in [0.1, 0.15) is 40.5 Å². The molecule has 6 rings (SSSR count). The summed E-state index contributed by atoms with van der Waals surface area (Å²) in [6, 6.07) is 0. The predicted molar refractivity (Wildman–Crippen MR) is 137 cm³/mol. The molecular formula is C29H38O11. The van der Waals surface area contributed by atoms with E-state index in [0.717, 1.165) is 0 Å². The van der Waals surface area contributed by atoms with Crippen molar-refractivity contribution in [3.05, 3.63) is 36.0 Å². The number of allylic oxidation sites excluding steroid dienone is 2. The van der Waals surface area contributed by atoms with E-state index in [0.29, 0.717) is 18.6 Å². The number of esters is 2. The fourth-order valence-electron chi connectivity index (χ4n) is 7.57. The van der Waals surface area contributed by atoms with Crippen molar-refractivity contribution in [1.29, 1.82) is 0 Å². The van der Waals surface area contributed by atoms with Gasteiger partial charge in [-0.05, 0) is 32.8 Å². The first-order valence-corrected chi connectivity index (χ1v) is 13.9. The molecule has 6 aliphatic rings. The van der Waals surface area contributed by atoms with Crippen LogP contribution >= 0.6 is 0 Å². The normalized spacial score (nSPS) is 52.3. The molecule has 5 fully saturated rings. The van der Waals surface area contributed by atoms with Crippen molar-refractivity contribution < 1.29 is 53.3 Å². The third-order valence-electron chi connectivity index (χ3n) is 10.4.